The third-order valence-corrected chi connectivity index (χ3v) is 4.58. The lowest BCUT2D eigenvalue weighted by Gasteiger charge is -2.32. The summed E-state index contributed by atoms with van der Waals surface area (Å²) in [6.45, 7) is 2.01. The van der Waals surface area contributed by atoms with Crippen LogP contribution < -0.4 is 0 Å². The van der Waals surface area contributed by atoms with Gasteiger partial charge in [0.25, 0.3) is 0 Å². The average molecular weight is 384 g/mol. The maximum atomic E-state index is 13.4. The first-order valence-corrected chi connectivity index (χ1v) is 9.06. The van der Waals surface area contributed by atoms with Gasteiger partial charge in [-0.15, -0.1) is 0 Å². The maximum Gasteiger partial charge on any atom is 0.302 e. The molecule has 0 unspecified atom stereocenters. The summed E-state index contributed by atoms with van der Waals surface area (Å²) in [5, 5.41) is 20.9. The molecule has 0 amide bonds. The number of nitriles is 1. The lowest BCUT2D eigenvalue weighted by molar-refractivity contribution is -0.142. The van der Waals surface area contributed by atoms with Gasteiger partial charge in [-0.05, 0) is 74.4 Å². The zero-order valence-electron chi connectivity index (χ0n) is 16.4. The van der Waals surface area contributed by atoms with E-state index in [0.29, 0.717) is 35.1 Å². The fourth-order valence-corrected chi connectivity index (χ4v) is 3.18. The van der Waals surface area contributed by atoms with Crippen molar-refractivity contribution >= 4 is 5.97 Å². The quantitative estimate of drug-likeness (QED) is 0.707. The van der Waals surface area contributed by atoms with Gasteiger partial charge in [0.2, 0.25) is 0 Å². The van der Waals surface area contributed by atoms with Crippen molar-refractivity contribution in [3.63, 3.8) is 0 Å². The molecule has 6 heteroatoms. The number of carbonyl (C=O) groups excluding carboxylic acids is 1. The third kappa shape index (κ3) is 5.38. The van der Waals surface area contributed by atoms with Crippen LogP contribution in [0.4, 0.5) is 4.39 Å². The summed E-state index contributed by atoms with van der Waals surface area (Å²) in [7, 11) is 3.90. The second-order valence-electron chi connectivity index (χ2n) is 7.04. The van der Waals surface area contributed by atoms with Crippen LogP contribution in [0.2, 0.25) is 0 Å². The monoisotopic (exact) mass is 384 g/mol. The summed E-state index contributed by atoms with van der Waals surface area (Å²) in [4.78, 5) is 13.3. The van der Waals surface area contributed by atoms with Gasteiger partial charge in [-0.3, -0.25) is 4.79 Å². The largest absolute Gasteiger partial charge is 0.461 e. The molecule has 0 aromatic heterocycles. The van der Waals surface area contributed by atoms with E-state index < -0.39 is 11.6 Å². The summed E-state index contributed by atoms with van der Waals surface area (Å²) in [5.74, 6) is -0.842. The molecule has 0 heterocycles. The maximum absolute atomic E-state index is 13.4. The molecule has 0 fully saturated rings. The summed E-state index contributed by atoms with van der Waals surface area (Å²) in [6.07, 6.45) is 1.07. The fourth-order valence-electron chi connectivity index (χ4n) is 3.18. The smallest absolute Gasteiger partial charge is 0.302 e. The first kappa shape index (κ1) is 21.5. The van der Waals surface area contributed by atoms with E-state index in [2.05, 4.69) is 6.07 Å². The summed E-state index contributed by atoms with van der Waals surface area (Å²) < 4.78 is 18.6. The number of halogens is 1. The number of hydrogen-bond donors (Lipinski definition) is 1. The Morgan fingerprint density at radius 2 is 1.93 bits per heavy atom. The molecule has 0 saturated heterocycles. The van der Waals surface area contributed by atoms with E-state index in [4.69, 9.17) is 4.74 Å². The highest BCUT2D eigenvalue weighted by atomic mass is 19.1. The Morgan fingerprint density at radius 3 is 2.50 bits per heavy atom. The van der Waals surface area contributed by atoms with Crippen LogP contribution in [0.1, 0.15) is 42.0 Å². The molecule has 1 atom stereocenters. The molecule has 0 saturated carbocycles. The minimum atomic E-state index is -1.41. The molecule has 0 aliphatic carbocycles. The Hall–Kier alpha value is -2.75. The molecule has 28 heavy (non-hydrogen) atoms. The fraction of sp³-hybridized carbons (Fsp3) is 0.364. The van der Waals surface area contributed by atoms with Crippen molar-refractivity contribution in [3.05, 3.63) is 70.5 Å². The Bertz CT molecular complexity index is 859. The van der Waals surface area contributed by atoms with Gasteiger partial charge in [0, 0.05) is 6.92 Å². The molecular formula is C22H25FN2O3. The van der Waals surface area contributed by atoms with E-state index >= 15 is 0 Å². The van der Waals surface area contributed by atoms with E-state index in [1.165, 1.54) is 19.1 Å². The lowest BCUT2D eigenvalue weighted by atomic mass is 9.80. The SMILES string of the molecule is CC(=O)OCc1cc(C#N)ccc1[C@@](O)(CCCN(C)C)c1ccc(F)cc1. The molecule has 2 aromatic rings. The number of carbonyl (C=O) groups is 1. The van der Waals surface area contributed by atoms with E-state index in [9.17, 15) is 19.6 Å². The standard InChI is InChI=1S/C22H25FN2O3/c1-16(26)28-15-18-13-17(14-24)5-10-21(18)22(27,11-4-12-25(2)3)19-6-8-20(23)9-7-19/h5-10,13,27H,4,11-12,15H2,1-3H3/t22-/m1/s1. The molecule has 2 rings (SSSR count). The van der Waals surface area contributed by atoms with Crippen LogP contribution in [0.15, 0.2) is 42.5 Å². The van der Waals surface area contributed by atoms with Crippen LogP contribution in [0, 0.1) is 17.1 Å². The van der Waals surface area contributed by atoms with Gasteiger partial charge in [-0.2, -0.15) is 5.26 Å². The molecule has 0 radical (unpaired) electrons. The highest BCUT2D eigenvalue weighted by Crippen LogP contribution is 2.37. The molecular weight excluding hydrogens is 359 g/mol. The van der Waals surface area contributed by atoms with Crippen molar-refractivity contribution < 1.29 is 19.0 Å². The molecule has 0 aliphatic rings. The Labute approximate surface area is 165 Å². The minimum absolute atomic E-state index is 0.0582. The number of ether oxygens (including phenoxy) is 1. The van der Waals surface area contributed by atoms with Gasteiger partial charge in [-0.25, -0.2) is 4.39 Å². The van der Waals surface area contributed by atoms with Crippen LogP contribution in [0.3, 0.4) is 0 Å². The number of hydrogen-bond acceptors (Lipinski definition) is 5. The van der Waals surface area contributed by atoms with Gasteiger partial charge >= 0.3 is 5.97 Å². The van der Waals surface area contributed by atoms with Crippen molar-refractivity contribution in [1.29, 1.82) is 5.26 Å². The van der Waals surface area contributed by atoms with Crippen molar-refractivity contribution in [2.75, 3.05) is 20.6 Å². The summed E-state index contributed by atoms with van der Waals surface area (Å²) >= 11 is 0. The van der Waals surface area contributed by atoms with E-state index in [0.717, 1.165) is 6.54 Å². The van der Waals surface area contributed by atoms with Crippen molar-refractivity contribution in [1.82, 2.24) is 4.90 Å². The zero-order chi connectivity index (χ0) is 20.7. The second kappa shape index (κ2) is 9.45. The van der Waals surface area contributed by atoms with Crippen LogP contribution in [-0.4, -0.2) is 36.6 Å². The van der Waals surface area contributed by atoms with Gasteiger partial charge < -0.3 is 14.7 Å². The predicted octanol–water partition coefficient (Wildman–Crippen LogP) is 3.34. The van der Waals surface area contributed by atoms with E-state index in [1.54, 1.807) is 30.3 Å². The Balaban J connectivity index is 2.53. The molecule has 5 nitrogen and oxygen atoms in total. The minimum Gasteiger partial charge on any atom is -0.461 e. The van der Waals surface area contributed by atoms with Crippen molar-refractivity contribution in [2.24, 2.45) is 0 Å². The van der Waals surface area contributed by atoms with Gasteiger partial charge in [0.15, 0.2) is 0 Å². The Morgan fingerprint density at radius 1 is 1.25 bits per heavy atom. The first-order chi connectivity index (χ1) is 13.3. The van der Waals surface area contributed by atoms with Crippen LogP contribution in [-0.2, 0) is 21.7 Å². The van der Waals surface area contributed by atoms with E-state index in [-0.39, 0.29) is 12.4 Å². The first-order valence-electron chi connectivity index (χ1n) is 9.06. The molecule has 0 aliphatic heterocycles. The normalized spacial score (nSPS) is 13.0. The van der Waals surface area contributed by atoms with Crippen molar-refractivity contribution in [2.45, 2.75) is 32.0 Å². The molecule has 0 spiro atoms. The van der Waals surface area contributed by atoms with Gasteiger partial charge in [0.1, 0.15) is 18.0 Å². The summed E-state index contributed by atoms with van der Waals surface area (Å²) in [6, 6.07) is 12.7. The van der Waals surface area contributed by atoms with Gasteiger partial charge in [-0.1, -0.05) is 18.2 Å². The lowest BCUT2D eigenvalue weighted by Crippen LogP contribution is -2.30. The van der Waals surface area contributed by atoms with Crippen molar-refractivity contribution in [3.8, 4) is 6.07 Å². The second-order valence-corrected chi connectivity index (χ2v) is 7.04. The molecule has 148 valence electrons. The number of rotatable bonds is 8. The summed E-state index contributed by atoms with van der Waals surface area (Å²) in [5.41, 5.74) is 0.624. The number of nitrogens with zero attached hydrogens (tertiary/aromatic N) is 2. The third-order valence-electron chi connectivity index (χ3n) is 4.58. The highest BCUT2D eigenvalue weighted by molar-refractivity contribution is 5.66. The number of benzene rings is 2. The molecule has 1 N–H and O–H groups in total. The number of aliphatic hydroxyl groups is 1. The van der Waals surface area contributed by atoms with Crippen LogP contribution >= 0.6 is 0 Å². The van der Waals surface area contributed by atoms with E-state index in [1.807, 2.05) is 19.0 Å². The highest BCUT2D eigenvalue weighted by Gasteiger charge is 2.33. The van der Waals surface area contributed by atoms with Crippen LogP contribution in [0.25, 0.3) is 0 Å². The van der Waals surface area contributed by atoms with Crippen LogP contribution in [0.5, 0.6) is 0 Å². The predicted molar refractivity (Wildman–Crippen MR) is 104 cm³/mol. The zero-order valence-corrected chi connectivity index (χ0v) is 16.4. The van der Waals surface area contributed by atoms with Gasteiger partial charge in [0.05, 0.1) is 11.6 Å². The number of esters is 1. The average Bonchev–Trinajstić information content (AvgIpc) is 2.66. The Kier molecular flexibility index (Phi) is 7.27. The topological polar surface area (TPSA) is 73.6 Å². The molecule has 2 aromatic carbocycles. The molecule has 0 bridgehead atoms.